The van der Waals surface area contributed by atoms with E-state index >= 15 is 0 Å². The summed E-state index contributed by atoms with van der Waals surface area (Å²) in [5, 5.41) is 9.37. The molecule has 1 aromatic rings. The van der Waals surface area contributed by atoms with Crippen LogP contribution in [0.5, 0.6) is 0 Å². The molecule has 2 heterocycles. The molecule has 1 aliphatic rings. The molecule has 0 aliphatic carbocycles. The summed E-state index contributed by atoms with van der Waals surface area (Å²) in [7, 11) is -5.29. The minimum Gasteiger partial charge on any atom is -0.811 e. The van der Waals surface area contributed by atoms with Crippen LogP contribution in [-0.2, 0) is 9.30 Å². The zero-order valence-corrected chi connectivity index (χ0v) is 17.3. The summed E-state index contributed by atoms with van der Waals surface area (Å²) in [6.45, 7) is 0. The zero-order valence-electron chi connectivity index (χ0n) is 12.4. The van der Waals surface area contributed by atoms with E-state index in [4.69, 9.17) is 0 Å². The Morgan fingerprint density at radius 3 is 2.42 bits per heavy atom. The van der Waals surface area contributed by atoms with Crippen molar-refractivity contribution in [3.05, 3.63) is 32.9 Å². The van der Waals surface area contributed by atoms with E-state index in [0.29, 0.717) is 0 Å². The molecule has 15 heteroatoms. The van der Waals surface area contributed by atoms with Crippen LogP contribution >= 0.6 is 7.60 Å². The van der Waals surface area contributed by atoms with E-state index in [0.717, 1.165) is 0 Å². The van der Waals surface area contributed by atoms with Gasteiger partial charge in [0.2, 0.25) is 12.0 Å². The monoisotopic (exact) mass is 390 g/mol. The minimum atomic E-state index is -5.29. The fraction of sp³-hybridized carbons (Fsp3) is 0.556. The van der Waals surface area contributed by atoms with Crippen LogP contribution < -0.4 is 80.2 Å². The molecule has 0 saturated carbocycles. The van der Waals surface area contributed by atoms with E-state index in [1.165, 1.54) is 4.98 Å². The van der Waals surface area contributed by atoms with Crippen molar-refractivity contribution in [3.8, 4) is 0 Å². The first-order valence-corrected chi connectivity index (χ1v) is 7.39. The Labute approximate surface area is 176 Å². The number of hydrogen-bond donors (Lipinski definition) is 2. The Morgan fingerprint density at radius 2 is 1.92 bits per heavy atom. The van der Waals surface area contributed by atoms with Crippen LogP contribution in [0, 0.1) is 5.82 Å². The van der Waals surface area contributed by atoms with Crippen LogP contribution in [0.1, 0.15) is 6.23 Å². The second kappa shape index (κ2) is 8.49. The number of halogens is 3. The second-order valence-electron chi connectivity index (χ2n) is 4.58. The van der Waals surface area contributed by atoms with Gasteiger partial charge in [-0.05, 0) is 0 Å². The van der Waals surface area contributed by atoms with Gasteiger partial charge < -0.3 is 24.2 Å². The SMILES string of the molecule is O=c1[nH]c(=O)n([C@@H]2O[C@H](CP(=O)([O-])[O-])[C@@H](O)C2(F)F)cc1F.[Na+].[Na+]. The number of alkyl halides is 2. The molecule has 1 aliphatic heterocycles. The van der Waals surface area contributed by atoms with Crippen LogP contribution in [0.15, 0.2) is 15.8 Å². The molecule has 0 aromatic carbocycles. The number of nitrogens with zero attached hydrogens (tertiary/aromatic N) is 1. The van der Waals surface area contributed by atoms with Crippen LogP contribution in [0.2, 0.25) is 0 Å². The predicted octanol–water partition coefficient (Wildman–Crippen LogP) is -8.51. The quantitative estimate of drug-likeness (QED) is 0.385. The number of aliphatic hydroxyl groups excluding tert-OH is 1. The summed E-state index contributed by atoms with van der Waals surface area (Å²) in [6, 6.07) is 0. The van der Waals surface area contributed by atoms with Gasteiger partial charge in [-0.15, -0.1) is 0 Å². The average Bonchev–Trinajstić information content (AvgIpc) is 2.56. The van der Waals surface area contributed by atoms with Gasteiger partial charge in [-0.25, -0.2) is 4.79 Å². The van der Waals surface area contributed by atoms with Gasteiger partial charge >= 0.3 is 70.7 Å². The fourth-order valence-electron chi connectivity index (χ4n) is 1.97. The summed E-state index contributed by atoms with van der Waals surface area (Å²) >= 11 is 0. The molecule has 2 rings (SSSR count). The number of H-pyrrole nitrogens is 1. The van der Waals surface area contributed by atoms with Crippen molar-refractivity contribution in [1.82, 2.24) is 9.55 Å². The van der Waals surface area contributed by atoms with Gasteiger partial charge in [-0.3, -0.25) is 14.3 Å². The van der Waals surface area contributed by atoms with Crippen LogP contribution in [0.25, 0.3) is 0 Å². The van der Waals surface area contributed by atoms with Crippen LogP contribution in [0.4, 0.5) is 13.2 Å². The number of nitrogens with one attached hydrogen (secondary N) is 1. The molecule has 1 saturated heterocycles. The normalized spacial score (nSPS) is 25.7. The first-order valence-electron chi connectivity index (χ1n) is 5.67. The molecular formula is C9H8F3N2Na2O7P. The molecule has 1 aromatic heterocycles. The summed E-state index contributed by atoms with van der Waals surface area (Å²) in [5.41, 5.74) is -2.92. The number of aromatic amines is 1. The van der Waals surface area contributed by atoms with Crippen LogP contribution in [-0.4, -0.2) is 38.9 Å². The fourth-order valence-corrected chi connectivity index (χ4v) is 2.70. The molecule has 0 radical (unpaired) electrons. The van der Waals surface area contributed by atoms with Crippen molar-refractivity contribution in [3.63, 3.8) is 0 Å². The van der Waals surface area contributed by atoms with E-state index in [-0.39, 0.29) is 69.9 Å². The van der Waals surface area contributed by atoms with E-state index in [1.54, 1.807) is 0 Å². The molecule has 9 nitrogen and oxygen atoms in total. The molecule has 124 valence electrons. The van der Waals surface area contributed by atoms with E-state index in [9.17, 15) is 42.2 Å². The largest absolute Gasteiger partial charge is 1.00 e. The van der Waals surface area contributed by atoms with Crippen molar-refractivity contribution in [2.75, 3.05) is 6.16 Å². The topological polar surface area (TPSA) is 148 Å². The van der Waals surface area contributed by atoms with E-state index in [2.05, 4.69) is 4.74 Å². The Hall–Kier alpha value is 0.540. The van der Waals surface area contributed by atoms with Gasteiger partial charge in [0, 0.05) is 6.16 Å². The summed E-state index contributed by atoms with van der Waals surface area (Å²) in [5.74, 6) is -5.77. The molecule has 0 unspecified atom stereocenters. The second-order valence-corrected chi connectivity index (χ2v) is 6.17. The third-order valence-electron chi connectivity index (χ3n) is 2.96. The Bertz CT molecular complexity index is 751. The van der Waals surface area contributed by atoms with Gasteiger partial charge in [0.05, 0.1) is 12.3 Å². The predicted molar refractivity (Wildman–Crippen MR) is 58.6 cm³/mol. The van der Waals surface area contributed by atoms with Crippen molar-refractivity contribution < 1.29 is 96.5 Å². The van der Waals surface area contributed by atoms with E-state index in [1.807, 2.05) is 0 Å². The molecular weight excluding hydrogens is 382 g/mol. The van der Waals surface area contributed by atoms with Crippen molar-refractivity contribution in [2.45, 2.75) is 24.4 Å². The summed E-state index contributed by atoms with van der Waals surface area (Å²) in [6.07, 6.45) is -8.72. The van der Waals surface area contributed by atoms with E-state index < -0.39 is 55.2 Å². The first kappa shape index (κ1) is 24.5. The molecule has 0 amide bonds. The minimum absolute atomic E-state index is 0. The maximum atomic E-state index is 13.9. The summed E-state index contributed by atoms with van der Waals surface area (Å²) < 4.78 is 56.0. The maximum absolute atomic E-state index is 13.9. The number of aromatic nitrogens is 2. The van der Waals surface area contributed by atoms with Crippen LogP contribution in [0.3, 0.4) is 0 Å². The van der Waals surface area contributed by atoms with Gasteiger partial charge in [-0.2, -0.15) is 13.2 Å². The standard InChI is InChI=1S/C9H10F3N2O7P.2Na/c10-3-1-14(8(17)13-6(3)16)7-9(11,12)5(15)4(21-7)2-22(18,19)20;;/h1,4-5,7,15H,2H2,(H,13,16,17)(H2,18,19,20);;/q;2*+1/p-2/t4-,5-,7-;;/m1../s1. The van der Waals surface area contributed by atoms with Crippen molar-refractivity contribution in [1.29, 1.82) is 0 Å². The van der Waals surface area contributed by atoms with Crippen molar-refractivity contribution >= 4 is 7.60 Å². The maximum Gasteiger partial charge on any atom is 1.00 e. The number of hydrogen-bond acceptors (Lipinski definition) is 7. The molecule has 24 heavy (non-hydrogen) atoms. The van der Waals surface area contributed by atoms with Crippen molar-refractivity contribution in [2.24, 2.45) is 0 Å². The molecule has 0 spiro atoms. The van der Waals surface area contributed by atoms with Gasteiger partial charge in [0.1, 0.15) is 6.10 Å². The Morgan fingerprint density at radius 1 is 1.38 bits per heavy atom. The van der Waals surface area contributed by atoms with Gasteiger partial charge in [-0.1, -0.05) is 7.60 Å². The summed E-state index contributed by atoms with van der Waals surface area (Å²) in [4.78, 5) is 44.9. The smallest absolute Gasteiger partial charge is 0.811 e. The Balaban J connectivity index is 0.00000264. The molecule has 1 fully saturated rings. The number of aliphatic hydroxyl groups is 1. The third-order valence-corrected chi connectivity index (χ3v) is 3.77. The molecule has 3 atom stereocenters. The Kier molecular flexibility index (Phi) is 8.68. The average molecular weight is 390 g/mol. The third kappa shape index (κ3) is 5.04. The zero-order chi connectivity index (χ0) is 16.9. The molecule has 0 bridgehead atoms. The first-order chi connectivity index (χ1) is 9.93. The van der Waals surface area contributed by atoms with Gasteiger partial charge in [0.15, 0.2) is 0 Å². The van der Waals surface area contributed by atoms with Gasteiger partial charge in [0.25, 0.3) is 5.56 Å². The molecule has 2 N–H and O–H groups in total. The number of ether oxygens (including phenoxy) is 1. The number of rotatable bonds is 3.